The van der Waals surface area contributed by atoms with Crippen LogP contribution in [0.5, 0.6) is 0 Å². The molecule has 98 valence electrons. The number of rotatable bonds is 1. The predicted molar refractivity (Wildman–Crippen MR) is 68.2 cm³/mol. The maximum atomic E-state index is 11.8. The van der Waals surface area contributed by atoms with Gasteiger partial charge in [-0.3, -0.25) is 0 Å². The molecule has 2 aromatic rings. The standard InChI is InChI=1S/C11H16N4O2S/c1-7-9-8(18(5,16)17)6-12-13-10(9)15(14-7)11(2,3)4/h6H,1-5H3. The van der Waals surface area contributed by atoms with E-state index in [0.29, 0.717) is 16.7 Å². The summed E-state index contributed by atoms with van der Waals surface area (Å²) in [4.78, 5) is 0.181. The topological polar surface area (TPSA) is 77.7 Å². The van der Waals surface area contributed by atoms with E-state index in [4.69, 9.17) is 0 Å². The third-order valence-corrected chi connectivity index (χ3v) is 3.75. The molecule has 0 aliphatic carbocycles. The van der Waals surface area contributed by atoms with Gasteiger partial charge in [0.05, 0.1) is 27.7 Å². The molecule has 0 bridgehead atoms. The van der Waals surface area contributed by atoms with Crippen molar-refractivity contribution in [3.8, 4) is 0 Å². The molecule has 7 heteroatoms. The molecule has 0 aliphatic rings. The summed E-state index contributed by atoms with van der Waals surface area (Å²) in [6.07, 6.45) is 2.44. The van der Waals surface area contributed by atoms with Gasteiger partial charge >= 0.3 is 0 Å². The average molecular weight is 268 g/mol. The van der Waals surface area contributed by atoms with E-state index in [2.05, 4.69) is 15.3 Å². The second-order valence-corrected chi connectivity index (χ2v) is 7.33. The number of sulfone groups is 1. The summed E-state index contributed by atoms with van der Waals surface area (Å²) in [7, 11) is -3.34. The Morgan fingerprint density at radius 3 is 2.39 bits per heavy atom. The average Bonchev–Trinajstić information content (AvgIpc) is 2.54. The zero-order valence-electron chi connectivity index (χ0n) is 11.1. The molecule has 0 aliphatic heterocycles. The van der Waals surface area contributed by atoms with Gasteiger partial charge in [-0.2, -0.15) is 10.2 Å². The number of hydrogen-bond donors (Lipinski definition) is 0. The van der Waals surface area contributed by atoms with Gasteiger partial charge in [0, 0.05) is 6.26 Å². The minimum Gasteiger partial charge on any atom is -0.240 e. The van der Waals surface area contributed by atoms with Gasteiger partial charge in [-0.25, -0.2) is 13.1 Å². The van der Waals surface area contributed by atoms with Gasteiger partial charge in [-0.1, -0.05) is 0 Å². The highest BCUT2D eigenvalue weighted by atomic mass is 32.2. The van der Waals surface area contributed by atoms with Crippen LogP contribution in [0.2, 0.25) is 0 Å². The summed E-state index contributed by atoms with van der Waals surface area (Å²) >= 11 is 0. The van der Waals surface area contributed by atoms with E-state index in [9.17, 15) is 8.42 Å². The molecule has 0 radical (unpaired) electrons. The summed E-state index contributed by atoms with van der Waals surface area (Å²) < 4.78 is 25.2. The van der Waals surface area contributed by atoms with Crippen molar-refractivity contribution in [2.75, 3.05) is 6.26 Å². The number of aromatic nitrogens is 4. The molecule has 0 spiro atoms. The minimum absolute atomic E-state index is 0.181. The molecule has 0 atom stereocenters. The van der Waals surface area contributed by atoms with Gasteiger partial charge in [0.1, 0.15) is 0 Å². The number of nitrogens with zero attached hydrogens (tertiary/aromatic N) is 4. The van der Waals surface area contributed by atoms with Crippen LogP contribution in [0.4, 0.5) is 0 Å². The van der Waals surface area contributed by atoms with Crippen LogP contribution in [0.15, 0.2) is 11.1 Å². The summed E-state index contributed by atoms with van der Waals surface area (Å²) in [5, 5.41) is 12.7. The molecule has 0 N–H and O–H groups in total. The summed E-state index contributed by atoms with van der Waals surface area (Å²) in [6, 6.07) is 0. The fraction of sp³-hybridized carbons (Fsp3) is 0.545. The van der Waals surface area contributed by atoms with Crippen LogP contribution in [-0.2, 0) is 15.4 Å². The Labute approximate surface area is 106 Å². The minimum atomic E-state index is -3.34. The van der Waals surface area contributed by atoms with Crippen LogP contribution in [0, 0.1) is 6.92 Å². The van der Waals surface area contributed by atoms with Gasteiger partial charge in [0.15, 0.2) is 15.5 Å². The van der Waals surface area contributed by atoms with Crippen molar-refractivity contribution < 1.29 is 8.42 Å². The monoisotopic (exact) mass is 268 g/mol. The molecule has 0 aromatic carbocycles. The van der Waals surface area contributed by atoms with Crippen molar-refractivity contribution in [1.29, 1.82) is 0 Å². The lowest BCUT2D eigenvalue weighted by molar-refractivity contribution is 0.363. The highest BCUT2D eigenvalue weighted by Gasteiger charge is 2.24. The van der Waals surface area contributed by atoms with Gasteiger partial charge in [0.25, 0.3) is 0 Å². The predicted octanol–water partition coefficient (Wildman–Crippen LogP) is 1.29. The highest BCUT2D eigenvalue weighted by molar-refractivity contribution is 7.91. The Morgan fingerprint density at radius 2 is 1.89 bits per heavy atom. The Morgan fingerprint density at radius 1 is 1.28 bits per heavy atom. The summed E-state index contributed by atoms with van der Waals surface area (Å²) in [6.45, 7) is 7.72. The molecule has 2 aromatic heterocycles. The fourth-order valence-electron chi connectivity index (χ4n) is 1.85. The van der Waals surface area contributed by atoms with Crippen LogP contribution in [0.25, 0.3) is 11.0 Å². The molecular weight excluding hydrogens is 252 g/mol. The lowest BCUT2D eigenvalue weighted by atomic mass is 10.1. The van der Waals surface area contributed by atoms with Gasteiger partial charge < -0.3 is 0 Å². The molecule has 6 nitrogen and oxygen atoms in total. The van der Waals surface area contributed by atoms with Crippen molar-refractivity contribution >= 4 is 20.9 Å². The normalized spacial score (nSPS) is 13.2. The molecule has 0 saturated carbocycles. The first-order valence-corrected chi connectivity index (χ1v) is 7.43. The first-order chi connectivity index (χ1) is 8.12. The van der Waals surface area contributed by atoms with E-state index < -0.39 is 9.84 Å². The van der Waals surface area contributed by atoms with Crippen LogP contribution in [-0.4, -0.2) is 34.7 Å². The highest BCUT2D eigenvalue weighted by Crippen LogP contribution is 2.27. The molecule has 2 heterocycles. The molecule has 0 unspecified atom stereocenters. The second-order valence-electron chi connectivity index (χ2n) is 5.35. The third kappa shape index (κ3) is 1.98. The second kappa shape index (κ2) is 3.74. The van der Waals surface area contributed by atoms with Crippen LogP contribution in [0.3, 0.4) is 0 Å². The Kier molecular flexibility index (Phi) is 2.69. The maximum Gasteiger partial charge on any atom is 0.182 e. The lowest BCUT2D eigenvalue weighted by Gasteiger charge is -2.19. The van der Waals surface area contributed by atoms with E-state index in [0.717, 1.165) is 6.26 Å². The van der Waals surface area contributed by atoms with Gasteiger partial charge in [0.2, 0.25) is 0 Å². The quantitative estimate of drug-likeness (QED) is 0.779. The number of aryl methyl sites for hydroxylation is 1. The zero-order valence-corrected chi connectivity index (χ0v) is 11.9. The Hall–Kier alpha value is -1.50. The maximum absolute atomic E-state index is 11.8. The molecular formula is C11H16N4O2S. The molecule has 2 rings (SSSR count). The molecule has 18 heavy (non-hydrogen) atoms. The Balaban J connectivity index is 2.94. The van der Waals surface area contributed by atoms with Crippen LogP contribution in [0.1, 0.15) is 26.5 Å². The number of fused-ring (bicyclic) bond motifs is 1. The largest absolute Gasteiger partial charge is 0.240 e. The van der Waals surface area contributed by atoms with Crippen molar-refractivity contribution in [1.82, 2.24) is 20.0 Å². The van der Waals surface area contributed by atoms with E-state index in [1.807, 2.05) is 20.8 Å². The number of hydrogen-bond acceptors (Lipinski definition) is 5. The van der Waals surface area contributed by atoms with Crippen molar-refractivity contribution in [3.63, 3.8) is 0 Å². The molecule has 0 fully saturated rings. The van der Waals surface area contributed by atoms with Gasteiger partial charge in [-0.05, 0) is 27.7 Å². The summed E-state index contributed by atoms with van der Waals surface area (Å²) in [5.74, 6) is 0. The van der Waals surface area contributed by atoms with E-state index in [1.165, 1.54) is 6.20 Å². The molecule has 0 amide bonds. The van der Waals surface area contributed by atoms with E-state index in [1.54, 1.807) is 11.6 Å². The smallest absolute Gasteiger partial charge is 0.182 e. The molecule has 0 saturated heterocycles. The van der Waals surface area contributed by atoms with Crippen molar-refractivity contribution in [3.05, 3.63) is 11.9 Å². The fourth-order valence-corrected chi connectivity index (χ4v) is 2.69. The first-order valence-electron chi connectivity index (χ1n) is 5.54. The van der Waals surface area contributed by atoms with E-state index >= 15 is 0 Å². The summed E-state index contributed by atoms with van der Waals surface area (Å²) in [5.41, 5.74) is 0.871. The first kappa shape index (κ1) is 12.9. The Bertz CT molecular complexity index is 710. The van der Waals surface area contributed by atoms with Crippen LogP contribution < -0.4 is 0 Å². The van der Waals surface area contributed by atoms with Crippen LogP contribution >= 0.6 is 0 Å². The van der Waals surface area contributed by atoms with Crippen molar-refractivity contribution in [2.24, 2.45) is 0 Å². The lowest BCUT2D eigenvalue weighted by Crippen LogP contribution is -2.23. The third-order valence-electron chi connectivity index (χ3n) is 2.64. The zero-order chi connectivity index (χ0) is 13.7. The van der Waals surface area contributed by atoms with Gasteiger partial charge in [-0.15, -0.1) is 5.10 Å². The SMILES string of the molecule is Cc1nn(C(C)(C)C)c2nncc(S(C)(=O)=O)c12. The van der Waals surface area contributed by atoms with E-state index in [-0.39, 0.29) is 10.4 Å². The van der Waals surface area contributed by atoms with Crippen molar-refractivity contribution in [2.45, 2.75) is 38.1 Å².